The standard InChI is InChI=1S/C20H25F3N4O3/c1-13-11-17(25-7-9-26(10-8-25)19(28)30-20(2,3)4)24-27(13)14-5-6-15(21)16(12-14)29-18(22)23/h5-6,11-12,18H,7-10H2,1-4H3. The SMILES string of the molecule is Cc1cc(N2CCN(C(=O)OC(C)(C)C)CC2)nn1-c1ccc(F)c(OC(F)F)c1. The number of aromatic nitrogens is 2. The molecule has 164 valence electrons. The fourth-order valence-corrected chi connectivity index (χ4v) is 3.13. The molecule has 7 nitrogen and oxygen atoms in total. The van der Waals surface area contributed by atoms with Gasteiger partial charge < -0.3 is 19.3 Å². The van der Waals surface area contributed by atoms with Crippen LogP contribution in [0.1, 0.15) is 26.5 Å². The molecule has 2 aromatic rings. The van der Waals surface area contributed by atoms with Gasteiger partial charge in [0.15, 0.2) is 17.4 Å². The summed E-state index contributed by atoms with van der Waals surface area (Å²) < 4.78 is 49.8. The Morgan fingerprint density at radius 2 is 1.80 bits per heavy atom. The molecular weight excluding hydrogens is 401 g/mol. The molecule has 1 saturated heterocycles. The van der Waals surface area contributed by atoms with Crippen LogP contribution >= 0.6 is 0 Å². The van der Waals surface area contributed by atoms with E-state index in [1.54, 1.807) is 4.90 Å². The largest absolute Gasteiger partial charge is 0.444 e. The summed E-state index contributed by atoms with van der Waals surface area (Å²) in [6, 6.07) is 5.54. The lowest BCUT2D eigenvalue weighted by Crippen LogP contribution is -2.50. The molecule has 0 aliphatic carbocycles. The molecule has 30 heavy (non-hydrogen) atoms. The smallest absolute Gasteiger partial charge is 0.410 e. The van der Waals surface area contributed by atoms with Crippen LogP contribution in [0.4, 0.5) is 23.8 Å². The van der Waals surface area contributed by atoms with Gasteiger partial charge in [-0.1, -0.05) is 0 Å². The summed E-state index contributed by atoms with van der Waals surface area (Å²) in [4.78, 5) is 15.9. The Kier molecular flexibility index (Phi) is 6.14. The van der Waals surface area contributed by atoms with Crippen molar-refractivity contribution in [3.05, 3.63) is 35.8 Å². The number of ether oxygens (including phenoxy) is 2. The molecule has 0 radical (unpaired) electrons. The number of carbonyl (C=O) groups is 1. The number of carbonyl (C=O) groups excluding carboxylic acids is 1. The second-order valence-corrected chi connectivity index (χ2v) is 8.00. The van der Waals surface area contributed by atoms with Crippen molar-refractivity contribution < 1.29 is 27.4 Å². The lowest BCUT2D eigenvalue weighted by molar-refractivity contribution is -0.0521. The van der Waals surface area contributed by atoms with E-state index in [9.17, 15) is 18.0 Å². The van der Waals surface area contributed by atoms with E-state index in [1.807, 2.05) is 38.7 Å². The van der Waals surface area contributed by atoms with Crippen molar-refractivity contribution in [2.75, 3.05) is 31.1 Å². The van der Waals surface area contributed by atoms with Crippen molar-refractivity contribution in [3.8, 4) is 11.4 Å². The van der Waals surface area contributed by atoms with E-state index in [-0.39, 0.29) is 6.09 Å². The average Bonchev–Trinajstić information content (AvgIpc) is 3.03. The molecule has 0 saturated carbocycles. The van der Waals surface area contributed by atoms with E-state index in [4.69, 9.17) is 4.74 Å². The fourth-order valence-electron chi connectivity index (χ4n) is 3.13. The monoisotopic (exact) mass is 426 g/mol. The molecule has 0 N–H and O–H groups in total. The third-order valence-corrected chi connectivity index (χ3v) is 4.51. The summed E-state index contributed by atoms with van der Waals surface area (Å²) >= 11 is 0. The van der Waals surface area contributed by atoms with Gasteiger partial charge in [0.05, 0.1) is 5.69 Å². The zero-order valence-corrected chi connectivity index (χ0v) is 17.4. The molecule has 1 amide bonds. The number of piperazine rings is 1. The fraction of sp³-hybridized carbons (Fsp3) is 0.500. The van der Waals surface area contributed by atoms with Gasteiger partial charge in [-0.15, -0.1) is 0 Å². The number of benzene rings is 1. The molecule has 2 heterocycles. The number of rotatable bonds is 4. The van der Waals surface area contributed by atoms with Crippen molar-refractivity contribution in [2.45, 2.75) is 39.9 Å². The lowest BCUT2D eigenvalue weighted by Gasteiger charge is -2.35. The zero-order chi connectivity index (χ0) is 22.1. The normalized spacial score (nSPS) is 14.9. The number of halogens is 3. The predicted octanol–water partition coefficient (Wildman–Crippen LogP) is 3.98. The highest BCUT2D eigenvalue weighted by molar-refractivity contribution is 5.68. The second kappa shape index (κ2) is 8.45. The molecule has 10 heteroatoms. The first-order chi connectivity index (χ1) is 14.0. The Bertz CT molecular complexity index is 903. The molecule has 0 spiro atoms. The van der Waals surface area contributed by atoms with Crippen molar-refractivity contribution in [1.82, 2.24) is 14.7 Å². The number of hydrogen-bond acceptors (Lipinski definition) is 5. The molecular formula is C20H25F3N4O3. The number of hydrogen-bond donors (Lipinski definition) is 0. The maximum absolute atomic E-state index is 13.7. The molecule has 3 rings (SSSR count). The Hall–Kier alpha value is -2.91. The van der Waals surface area contributed by atoms with Gasteiger partial charge in [-0.3, -0.25) is 0 Å². The van der Waals surface area contributed by atoms with Gasteiger partial charge in [0.2, 0.25) is 0 Å². The summed E-state index contributed by atoms with van der Waals surface area (Å²) in [6.45, 7) is 6.28. The van der Waals surface area contributed by atoms with Gasteiger partial charge in [0.1, 0.15) is 5.60 Å². The van der Waals surface area contributed by atoms with Crippen LogP contribution in [0.25, 0.3) is 5.69 Å². The molecule has 1 aromatic carbocycles. The van der Waals surface area contributed by atoms with Crippen LogP contribution in [-0.2, 0) is 4.74 Å². The predicted molar refractivity (Wildman–Crippen MR) is 105 cm³/mol. The molecule has 1 aliphatic heterocycles. The van der Waals surface area contributed by atoms with E-state index >= 15 is 0 Å². The second-order valence-electron chi connectivity index (χ2n) is 8.00. The van der Waals surface area contributed by atoms with Crippen molar-refractivity contribution in [2.24, 2.45) is 0 Å². The molecule has 1 aromatic heterocycles. The molecule has 1 aliphatic rings. The van der Waals surface area contributed by atoms with Gasteiger partial charge in [-0.2, -0.15) is 13.9 Å². The van der Waals surface area contributed by atoms with Crippen molar-refractivity contribution in [1.29, 1.82) is 0 Å². The van der Waals surface area contributed by atoms with Crippen LogP contribution in [0.5, 0.6) is 5.75 Å². The third-order valence-electron chi connectivity index (χ3n) is 4.51. The van der Waals surface area contributed by atoms with Crippen LogP contribution in [0.2, 0.25) is 0 Å². The van der Waals surface area contributed by atoms with E-state index < -0.39 is 23.8 Å². The summed E-state index contributed by atoms with van der Waals surface area (Å²) in [6.07, 6.45) is -0.346. The van der Waals surface area contributed by atoms with E-state index in [0.717, 1.165) is 11.8 Å². The molecule has 0 atom stereocenters. The quantitative estimate of drug-likeness (QED) is 0.740. The summed E-state index contributed by atoms with van der Waals surface area (Å²) in [5.41, 5.74) is 0.601. The zero-order valence-electron chi connectivity index (χ0n) is 17.4. The summed E-state index contributed by atoms with van der Waals surface area (Å²) in [5, 5.41) is 4.53. The number of alkyl halides is 2. The number of nitrogens with zero attached hydrogens (tertiary/aromatic N) is 4. The van der Waals surface area contributed by atoms with E-state index in [0.29, 0.717) is 37.7 Å². The minimum absolute atomic E-state index is 0.346. The van der Waals surface area contributed by atoms with Gasteiger partial charge in [-0.05, 0) is 39.8 Å². The first-order valence-corrected chi connectivity index (χ1v) is 9.58. The average molecular weight is 426 g/mol. The Morgan fingerprint density at radius 1 is 1.13 bits per heavy atom. The Balaban J connectivity index is 1.71. The molecule has 0 unspecified atom stereocenters. The first-order valence-electron chi connectivity index (χ1n) is 9.58. The van der Waals surface area contributed by atoms with E-state index in [2.05, 4.69) is 9.84 Å². The number of amides is 1. The highest BCUT2D eigenvalue weighted by Gasteiger charge is 2.27. The number of anilines is 1. The van der Waals surface area contributed by atoms with Crippen LogP contribution in [-0.4, -0.2) is 59.2 Å². The molecule has 1 fully saturated rings. The van der Waals surface area contributed by atoms with Gasteiger partial charge in [0, 0.05) is 44.0 Å². The van der Waals surface area contributed by atoms with Crippen LogP contribution in [0, 0.1) is 12.7 Å². The molecule has 0 bridgehead atoms. The Morgan fingerprint density at radius 3 is 2.40 bits per heavy atom. The minimum atomic E-state index is -3.12. The Labute approximate surface area is 173 Å². The highest BCUT2D eigenvalue weighted by atomic mass is 19.3. The van der Waals surface area contributed by atoms with Crippen LogP contribution < -0.4 is 9.64 Å². The number of aryl methyl sites for hydroxylation is 1. The van der Waals surface area contributed by atoms with Crippen molar-refractivity contribution in [3.63, 3.8) is 0 Å². The highest BCUT2D eigenvalue weighted by Crippen LogP contribution is 2.26. The van der Waals surface area contributed by atoms with Crippen LogP contribution in [0.3, 0.4) is 0 Å². The third kappa shape index (κ3) is 5.17. The lowest BCUT2D eigenvalue weighted by atomic mass is 10.2. The van der Waals surface area contributed by atoms with E-state index in [1.165, 1.54) is 16.8 Å². The minimum Gasteiger partial charge on any atom is -0.444 e. The maximum atomic E-state index is 13.7. The van der Waals surface area contributed by atoms with Gasteiger partial charge >= 0.3 is 12.7 Å². The van der Waals surface area contributed by atoms with Gasteiger partial charge in [-0.25, -0.2) is 13.9 Å². The van der Waals surface area contributed by atoms with Gasteiger partial charge in [0.25, 0.3) is 0 Å². The topological polar surface area (TPSA) is 59.8 Å². The first kappa shape index (κ1) is 21.8. The maximum Gasteiger partial charge on any atom is 0.410 e. The summed E-state index contributed by atoms with van der Waals surface area (Å²) in [7, 11) is 0. The van der Waals surface area contributed by atoms with Crippen LogP contribution in [0.15, 0.2) is 24.3 Å². The van der Waals surface area contributed by atoms with Crippen molar-refractivity contribution >= 4 is 11.9 Å². The summed E-state index contributed by atoms with van der Waals surface area (Å²) in [5.74, 6) is -0.732.